The number of alkyl carbamates (subject to hydrolysis) is 2. The number of nitrogens with zero attached hydrogens (tertiary/aromatic N) is 2. The van der Waals surface area contributed by atoms with E-state index in [1.807, 2.05) is 79.4 Å². The zero-order valence-electron chi connectivity index (χ0n) is 40.8. The molecule has 0 radical (unpaired) electrons. The molecule has 3 N–H and O–H groups in total. The SMILES string of the molecule is CC(C)C[C@@H](NC(=O)[C@H](CC(=O)[C@@H](Cc1ccccc1)NC(=O)OC(C)(C)C)Cc1ccccc1)C(=O)C[C@H](CCCCNC(=O)OC(C)(C)C)C(=O)N1CC2(CCN(C3COC3)CC2)C1. The number of ketones is 2. The molecule has 0 aliphatic carbocycles. The molecule has 3 heterocycles. The molecular weight excluding hydrogens is 839 g/mol. The summed E-state index contributed by atoms with van der Waals surface area (Å²) in [6.07, 6.45) is 2.98. The molecule has 0 unspecified atom stereocenters. The Morgan fingerprint density at radius 3 is 1.80 bits per heavy atom. The number of Topliss-reactive ketones (excluding diaryl/α,β-unsaturated/α-hetero) is 2. The minimum atomic E-state index is -0.974. The Labute approximate surface area is 393 Å². The van der Waals surface area contributed by atoms with Crippen LogP contribution in [0.15, 0.2) is 60.7 Å². The van der Waals surface area contributed by atoms with Gasteiger partial charge < -0.3 is 35.1 Å². The maximum atomic E-state index is 14.5. The van der Waals surface area contributed by atoms with E-state index in [0.29, 0.717) is 51.4 Å². The molecule has 14 heteroatoms. The maximum absolute atomic E-state index is 14.5. The lowest BCUT2D eigenvalue weighted by Crippen LogP contribution is -2.64. The second-order valence-electron chi connectivity index (χ2n) is 21.3. The third-order valence-electron chi connectivity index (χ3n) is 12.7. The fraction of sp³-hybridized carbons (Fsp3) is 0.654. The number of piperidine rings is 1. The number of nitrogens with one attached hydrogen (secondary N) is 3. The standard InChI is InChI=1S/C52H77N5O9/c1-36(2)27-42(54-46(60)40(28-37-17-11-9-12-18-37)31-45(59)43(29-38-19-13-10-14-20-38)55-49(63)66-51(6,7)8)44(58)30-39(21-15-16-24-53-48(62)65-50(3,4)5)47(61)57-34-52(35-57)22-25-56(26-23-52)41-32-64-33-41/h9-14,17-20,36,39-43H,15-16,21-35H2,1-8H3,(H,53,62)(H,54,60)(H,55,63)/t39-,40-,42+,43+/m0/s1. The zero-order chi connectivity index (χ0) is 48.1. The lowest BCUT2D eigenvalue weighted by molar-refractivity contribution is -0.156. The normalized spacial score (nSPS) is 18.2. The highest BCUT2D eigenvalue weighted by Crippen LogP contribution is 2.42. The monoisotopic (exact) mass is 916 g/mol. The molecule has 364 valence electrons. The van der Waals surface area contributed by atoms with Crippen molar-refractivity contribution in [2.45, 2.75) is 149 Å². The van der Waals surface area contributed by atoms with Gasteiger partial charge in [0.2, 0.25) is 11.8 Å². The molecule has 0 aromatic heterocycles. The Morgan fingerprint density at radius 2 is 1.26 bits per heavy atom. The number of hydrogen-bond donors (Lipinski definition) is 3. The van der Waals surface area contributed by atoms with Crippen LogP contribution in [0.3, 0.4) is 0 Å². The van der Waals surface area contributed by atoms with Crippen LogP contribution in [-0.2, 0) is 46.2 Å². The Kier molecular flexibility index (Phi) is 18.8. The van der Waals surface area contributed by atoms with Crippen molar-refractivity contribution in [1.82, 2.24) is 25.8 Å². The van der Waals surface area contributed by atoms with Gasteiger partial charge >= 0.3 is 12.2 Å². The number of carbonyl (C=O) groups is 6. The Hall–Kier alpha value is -4.82. The third-order valence-corrected chi connectivity index (χ3v) is 12.7. The summed E-state index contributed by atoms with van der Waals surface area (Å²) in [6.45, 7) is 19.9. The van der Waals surface area contributed by atoms with E-state index < -0.39 is 53.2 Å². The minimum absolute atomic E-state index is 0.0300. The Bertz CT molecular complexity index is 1910. The Morgan fingerprint density at radius 1 is 0.712 bits per heavy atom. The van der Waals surface area contributed by atoms with Gasteiger partial charge in [-0.1, -0.05) is 80.9 Å². The van der Waals surface area contributed by atoms with Gasteiger partial charge in [-0.2, -0.15) is 0 Å². The largest absolute Gasteiger partial charge is 0.444 e. The fourth-order valence-electron chi connectivity index (χ4n) is 9.13. The molecule has 5 rings (SSSR count). The van der Waals surface area contributed by atoms with Crippen LogP contribution >= 0.6 is 0 Å². The quantitative estimate of drug-likeness (QED) is 0.104. The van der Waals surface area contributed by atoms with Crippen molar-refractivity contribution in [2.75, 3.05) is 45.9 Å². The van der Waals surface area contributed by atoms with Crippen molar-refractivity contribution >= 4 is 35.6 Å². The smallest absolute Gasteiger partial charge is 0.408 e. The minimum Gasteiger partial charge on any atom is -0.444 e. The second-order valence-corrected chi connectivity index (χ2v) is 21.3. The van der Waals surface area contributed by atoms with Gasteiger partial charge in [0.1, 0.15) is 11.2 Å². The molecule has 2 aromatic rings. The van der Waals surface area contributed by atoms with Gasteiger partial charge in [-0.05, 0) is 117 Å². The molecule has 0 bridgehead atoms. The third kappa shape index (κ3) is 16.8. The van der Waals surface area contributed by atoms with Crippen LogP contribution in [-0.4, -0.2) is 121 Å². The Balaban J connectivity index is 1.30. The van der Waals surface area contributed by atoms with Crippen molar-refractivity contribution in [3.05, 3.63) is 71.8 Å². The molecule has 0 saturated carbocycles. The van der Waals surface area contributed by atoms with Crippen molar-refractivity contribution in [3.8, 4) is 0 Å². The van der Waals surface area contributed by atoms with Crippen molar-refractivity contribution < 1.29 is 43.0 Å². The van der Waals surface area contributed by atoms with Crippen LogP contribution in [0.2, 0.25) is 0 Å². The topological polar surface area (TPSA) is 173 Å². The zero-order valence-corrected chi connectivity index (χ0v) is 40.8. The molecule has 3 aliphatic heterocycles. The first-order chi connectivity index (χ1) is 31.2. The predicted molar refractivity (Wildman–Crippen MR) is 254 cm³/mol. The molecule has 3 saturated heterocycles. The van der Waals surface area contributed by atoms with Gasteiger partial charge in [-0.3, -0.25) is 24.1 Å². The van der Waals surface area contributed by atoms with Crippen molar-refractivity contribution in [3.63, 3.8) is 0 Å². The van der Waals surface area contributed by atoms with Gasteiger partial charge in [0.05, 0.1) is 31.3 Å². The van der Waals surface area contributed by atoms with Gasteiger partial charge in [-0.25, -0.2) is 9.59 Å². The van der Waals surface area contributed by atoms with Crippen LogP contribution in [0, 0.1) is 23.2 Å². The molecule has 4 amide bonds. The maximum Gasteiger partial charge on any atom is 0.408 e. The van der Waals surface area contributed by atoms with E-state index in [-0.39, 0.29) is 54.5 Å². The van der Waals surface area contributed by atoms with Crippen LogP contribution in [0.1, 0.15) is 118 Å². The van der Waals surface area contributed by atoms with Gasteiger partial charge in [0.15, 0.2) is 11.6 Å². The van der Waals surface area contributed by atoms with E-state index >= 15 is 0 Å². The van der Waals surface area contributed by atoms with Gasteiger partial charge in [0, 0.05) is 49.7 Å². The summed E-state index contributed by atoms with van der Waals surface area (Å²) in [7, 11) is 0. The summed E-state index contributed by atoms with van der Waals surface area (Å²) in [5, 5.41) is 8.62. The number of benzene rings is 2. The first-order valence-corrected chi connectivity index (χ1v) is 24.2. The van der Waals surface area contributed by atoms with E-state index in [9.17, 15) is 28.8 Å². The highest BCUT2D eigenvalue weighted by atomic mass is 16.6. The van der Waals surface area contributed by atoms with Crippen LogP contribution in [0.4, 0.5) is 9.59 Å². The first kappa shape index (κ1) is 52.2. The molecular formula is C52H77N5O9. The van der Waals surface area contributed by atoms with Crippen molar-refractivity contribution in [2.24, 2.45) is 23.2 Å². The fourth-order valence-corrected chi connectivity index (χ4v) is 9.13. The summed E-state index contributed by atoms with van der Waals surface area (Å²) in [6, 6.07) is 17.4. The van der Waals surface area contributed by atoms with Crippen LogP contribution < -0.4 is 16.0 Å². The number of carbonyl (C=O) groups excluding carboxylic acids is 6. The number of ether oxygens (including phenoxy) is 3. The average Bonchev–Trinajstić information content (AvgIpc) is 3.20. The number of amides is 4. The van der Waals surface area contributed by atoms with E-state index in [1.54, 1.807) is 41.5 Å². The van der Waals surface area contributed by atoms with Crippen LogP contribution in [0.25, 0.3) is 0 Å². The number of unbranched alkanes of at least 4 members (excludes halogenated alkanes) is 1. The number of likely N-dealkylation sites (tertiary alicyclic amines) is 2. The summed E-state index contributed by atoms with van der Waals surface area (Å²) in [4.78, 5) is 87.5. The van der Waals surface area contributed by atoms with Crippen molar-refractivity contribution in [1.29, 1.82) is 0 Å². The predicted octanol–water partition coefficient (Wildman–Crippen LogP) is 7.07. The van der Waals surface area contributed by atoms with E-state index in [2.05, 4.69) is 20.9 Å². The lowest BCUT2D eigenvalue weighted by Gasteiger charge is -2.56. The van der Waals surface area contributed by atoms with E-state index in [1.165, 1.54) is 0 Å². The molecule has 66 heavy (non-hydrogen) atoms. The molecule has 3 aliphatic rings. The number of rotatable bonds is 22. The van der Waals surface area contributed by atoms with E-state index in [0.717, 1.165) is 50.3 Å². The lowest BCUT2D eigenvalue weighted by atomic mass is 9.71. The van der Waals surface area contributed by atoms with Crippen LogP contribution in [0.5, 0.6) is 0 Å². The summed E-state index contributed by atoms with van der Waals surface area (Å²) < 4.78 is 16.3. The average molecular weight is 916 g/mol. The molecule has 2 aromatic carbocycles. The molecule has 1 spiro atoms. The highest BCUT2D eigenvalue weighted by molar-refractivity contribution is 5.95. The van der Waals surface area contributed by atoms with E-state index in [4.69, 9.17) is 14.2 Å². The molecule has 4 atom stereocenters. The summed E-state index contributed by atoms with van der Waals surface area (Å²) >= 11 is 0. The number of hydrogen-bond acceptors (Lipinski definition) is 10. The first-order valence-electron chi connectivity index (χ1n) is 24.2. The summed E-state index contributed by atoms with van der Waals surface area (Å²) in [5.41, 5.74) is 0.354. The molecule has 14 nitrogen and oxygen atoms in total. The van der Waals surface area contributed by atoms with Gasteiger partial charge in [-0.15, -0.1) is 0 Å². The van der Waals surface area contributed by atoms with Gasteiger partial charge in [0.25, 0.3) is 0 Å². The second kappa shape index (κ2) is 23.8. The molecule has 3 fully saturated rings. The summed E-state index contributed by atoms with van der Waals surface area (Å²) in [5.74, 6) is -2.50. The highest BCUT2D eigenvalue weighted by Gasteiger charge is 2.49.